The van der Waals surface area contributed by atoms with Crippen LogP contribution in [0, 0.1) is 12.7 Å². The topological polar surface area (TPSA) is 91.0 Å². The van der Waals surface area contributed by atoms with E-state index >= 15 is 0 Å². The highest BCUT2D eigenvalue weighted by molar-refractivity contribution is 7.14. The SMILES string of the molecule is Cc1c(F)cccc1C(=O)Nc1ccc(C(=O)N2CCc3cn[nH]c3-c3sccc32)cn1. The van der Waals surface area contributed by atoms with Gasteiger partial charge in [-0.15, -0.1) is 11.3 Å². The van der Waals surface area contributed by atoms with Gasteiger partial charge in [0.05, 0.1) is 28.0 Å². The van der Waals surface area contributed by atoms with Gasteiger partial charge >= 0.3 is 0 Å². The molecular formula is C23H18FN5O2S. The van der Waals surface area contributed by atoms with Crippen LogP contribution in [0.3, 0.4) is 0 Å². The summed E-state index contributed by atoms with van der Waals surface area (Å²) in [5.74, 6) is -0.796. The highest BCUT2D eigenvalue weighted by atomic mass is 32.1. The Balaban J connectivity index is 1.35. The lowest BCUT2D eigenvalue weighted by Crippen LogP contribution is -2.32. The first-order valence-corrected chi connectivity index (χ1v) is 10.9. The van der Waals surface area contributed by atoms with Crippen LogP contribution in [0.25, 0.3) is 10.6 Å². The Morgan fingerprint density at radius 3 is 2.88 bits per heavy atom. The molecule has 1 aliphatic rings. The number of rotatable bonds is 3. The van der Waals surface area contributed by atoms with Gasteiger partial charge in [-0.3, -0.25) is 14.7 Å². The van der Waals surface area contributed by atoms with Gasteiger partial charge in [-0.1, -0.05) is 6.07 Å². The van der Waals surface area contributed by atoms with Crippen molar-refractivity contribution in [2.24, 2.45) is 0 Å². The molecular weight excluding hydrogens is 429 g/mol. The summed E-state index contributed by atoms with van der Waals surface area (Å²) in [6.07, 6.45) is 3.92. The highest BCUT2D eigenvalue weighted by Gasteiger charge is 2.27. The molecule has 0 unspecified atom stereocenters. The Bertz CT molecular complexity index is 1330. The summed E-state index contributed by atoms with van der Waals surface area (Å²) < 4.78 is 13.7. The van der Waals surface area contributed by atoms with Gasteiger partial charge in [0.15, 0.2) is 0 Å². The van der Waals surface area contributed by atoms with Gasteiger partial charge in [-0.2, -0.15) is 5.10 Å². The molecule has 32 heavy (non-hydrogen) atoms. The second-order valence-corrected chi connectivity index (χ2v) is 8.33. The average Bonchev–Trinajstić information content (AvgIpc) is 3.43. The number of amides is 2. The van der Waals surface area contributed by atoms with Gasteiger partial charge in [0.1, 0.15) is 11.6 Å². The largest absolute Gasteiger partial charge is 0.307 e. The minimum absolute atomic E-state index is 0.172. The van der Waals surface area contributed by atoms with Crippen LogP contribution in [-0.4, -0.2) is 33.5 Å². The first-order chi connectivity index (χ1) is 15.5. The number of aromatic amines is 1. The van der Waals surface area contributed by atoms with Crippen molar-refractivity contribution in [2.75, 3.05) is 16.8 Å². The van der Waals surface area contributed by atoms with Crippen LogP contribution in [0.5, 0.6) is 0 Å². The molecule has 160 valence electrons. The predicted molar refractivity (Wildman–Crippen MR) is 121 cm³/mol. The van der Waals surface area contributed by atoms with Crippen LogP contribution in [0.2, 0.25) is 0 Å². The lowest BCUT2D eigenvalue weighted by molar-refractivity contribution is 0.0986. The number of halogens is 1. The van der Waals surface area contributed by atoms with Crippen molar-refractivity contribution < 1.29 is 14.0 Å². The monoisotopic (exact) mass is 447 g/mol. The van der Waals surface area contributed by atoms with E-state index in [2.05, 4.69) is 20.5 Å². The van der Waals surface area contributed by atoms with Crippen LogP contribution in [0.15, 0.2) is 54.2 Å². The highest BCUT2D eigenvalue weighted by Crippen LogP contribution is 2.39. The van der Waals surface area contributed by atoms with E-state index in [4.69, 9.17) is 0 Å². The van der Waals surface area contributed by atoms with Gasteiger partial charge in [-0.25, -0.2) is 9.37 Å². The molecule has 2 amide bonds. The Kier molecular flexibility index (Phi) is 5.02. The van der Waals surface area contributed by atoms with E-state index in [9.17, 15) is 14.0 Å². The number of pyridine rings is 1. The first-order valence-electron chi connectivity index (χ1n) is 9.97. The van der Waals surface area contributed by atoms with Crippen molar-refractivity contribution in [3.05, 3.63) is 82.2 Å². The third-order valence-corrected chi connectivity index (χ3v) is 6.42. The van der Waals surface area contributed by atoms with Crippen LogP contribution in [0.4, 0.5) is 15.9 Å². The third-order valence-electron chi connectivity index (χ3n) is 5.49. The van der Waals surface area contributed by atoms with Crippen molar-refractivity contribution in [2.45, 2.75) is 13.3 Å². The fraction of sp³-hybridized carbons (Fsp3) is 0.130. The van der Waals surface area contributed by atoms with Crippen molar-refractivity contribution in [1.29, 1.82) is 0 Å². The normalized spacial score (nSPS) is 12.6. The molecule has 0 atom stereocenters. The van der Waals surface area contributed by atoms with Gasteiger partial charge in [0.2, 0.25) is 0 Å². The van der Waals surface area contributed by atoms with Gasteiger partial charge in [0.25, 0.3) is 11.8 Å². The summed E-state index contributed by atoms with van der Waals surface area (Å²) >= 11 is 1.56. The molecule has 4 aromatic rings. The first kappa shape index (κ1) is 20.1. The third kappa shape index (κ3) is 3.46. The molecule has 0 radical (unpaired) electrons. The molecule has 5 rings (SSSR count). The predicted octanol–water partition coefficient (Wildman–Crippen LogP) is 4.44. The molecule has 0 bridgehead atoms. The van der Waals surface area contributed by atoms with Crippen molar-refractivity contribution in [3.63, 3.8) is 0 Å². The Labute approximate surface area is 186 Å². The number of nitrogens with zero attached hydrogens (tertiary/aromatic N) is 3. The van der Waals surface area contributed by atoms with Crippen LogP contribution in [0.1, 0.15) is 31.8 Å². The number of H-pyrrole nitrogens is 1. The second kappa shape index (κ2) is 8.01. The minimum atomic E-state index is -0.459. The lowest BCUT2D eigenvalue weighted by atomic mass is 10.1. The smallest absolute Gasteiger partial charge is 0.259 e. The van der Waals surface area contributed by atoms with Crippen molar-refractivity contribution in [3.8, 4) is 10.6 Å². The van der Waals surface area contributed by atoms with E-state index < -0.39 is 11.7 Å². The quantitative estimate of drug-likeness (QED) is 0.486. The van der Waals surface area contributed by atoms with E-state index in [1.807, 2.05) is 11.4 Å². The lowest BCUT2D eigenvalue weighted by Gasteiger charge is -2.21. The van der Waals surface area contributed by atoms with E-state index in [1.54, 1.807) is 47.6 Å². The number of nitrogens with one attached hydrogen (secondary N) is 2. The maximum Gasteiger partial charge on any atom is 0.259 e. The molecule has 0 aliphatic carbocycles. The number of anilines is 2. The summed E-state index contributed by atoms with van der Waals surface area (Å²) in [4.78, 5) is 32.7. The molecule has 0 saturated heterocycles. The molecule has 0 fully saturated rings. The minimum Gasteiger partial charge on any atom is -0.307 e. The number of hydrogen-bond acceptors (Lipinski definition) is 5. The summed E-state index contributed by atoms with van der Waals surface area (Å²) in [6.45, 7) is 2.07. The standard InChI is InChI=1S/C23H18FN5O2S/c1-13-16(3-2-4-17(13)24)22(30)27-19-6-5-15(11-25-19)23(31)29-9-7-14-12-26-28-20(14)21-18(29)8-10-32-21/h2-6,8,10-12H,7,9H2,1H3,(H,26,28)(H,25,27,30). The molecule has 0 saturated carbocycles. The number of carbonyl (C=O) groups is 2. The van der Waals surface area contributed by atoms with Gasteiger partial charge in [-0.05, 0) is 54.6 Å². The molecule has 7 nitrogen and oxygen atoms in total. The van der Waals surface area contributed by atoms with E-state index in [0.717, 1.165) is 21.8 Å². The zero-order valence-corrected chi connectivity index (χ0v) is 17.9. The van der Waals surface area contributed by atoms with E-state index in [0.29, 0.717) is 18.5 Å². The summed E-state index contributed by atoms with van der Waals surface area (Å²) in [5.41, 5.74) is 3.78. The van der Waals surface area contributed by atoms with Crippen molar-refractivity contribution >= 4 is 34.7 Å². The zero-order chi connectivity index (χ0) is 22.2. The molecule has 2 N–H and O–H groups in total. The fourth-order valence-electron chi connectivity index (χ4n) is 3.75. The molecule has 9 heteroatoms. The number of aromatic nitrogens is 3. The Morgan fingerprint density at radius 1 is 1.19 bits per heavy atom. The summed E-state index contributed by atoms with van der Waals surface area (Å²) in [6, 6.07) is 9.46. The molecule has 3 aromatic heterocycles. The van der Waals surface area contributed by atoms with Gasteiger partial charge < -0.3 is 10.2 Å². The van der Waals surface area contributed by atoms with Crippen molar-refractivity contribution in [1.82, 2.24) is 15.2 Å². The molecule has 4 heterocycles. The maximum absolute atomic E-state index is 13.7. The molecule has 0 spiro atoms. The van der Waals surface area contributed by atoms with Crippen LogP contribution in [-0.2, 0) is 6.42 Å². The number of hydrogen-bond donors (Lipinski definition) is 2. The second-order valence-electron chi connectivity index (χ2n) is 7.41. The molecule has 1 aliphatic heterocycles. The van der Waals surface area contributed by atoms with E-state index in [-0.39, 0.29) is 22.9 Å². The summed E-state index contributed by atoms with van der Waals surface area (Å²) in [7, 11) is 0. The number of fused-ring (bicyclic) bond motifs is 3. The number of carbonyl (C=O) groups excluding carboxylic acids is 2. The van der Waals surface area contributed by atoms with Crippen LogP contribution < -0.4 is 10.2 Å². The molecule has 1 aromatic carbocycles. The van der Waals surface area contributed by atoms with Crippen LogP contribution >= 0.6 is 11.3 Å². The fourth-order valence-corrected chi connectivity index (χ4v) is 4.68. The Hall–Kier alpha value is -3.85. The Morgan fingerprint density at radius 2 is 2.06 bits per heavy atom. The van der Waals surface area contributed by atoms with E-state index in [1.165, 1.54) is 18.3 Å². The number of benzene rings is 1. The average molecular weight is 447 g/mol. The summed E-state index contributed by atoms with van der Waals surface area (Å²) in [5, 5.41) is 11.8. The number of thiophene rings is 1. The zero-order valence-electron chi connectivity index (χ0n) is 17.1. The maximum atomic E-state index is 13.7. The van der Waals surface area contributed by atoms with Gasteiger partial charge in [0, 0.05) is 23.9 Å².